The minimum Gasteiger partial charge on any atom is -0.352 e. The van der Waals surface area contributed by atoms with Crippen LogP contribution in [-0.2, 0) is 16.1 Å². The van der Waals surface area contributed by atoms with Gasteiger partial charge in [-0.05, 0) is 45.3 Å². The van der Waals surface area contributed by atoms with Crippen LogP contribution in [0.5, 0.6) is 0 Å². The van der Waals surface area contributed by atoms with E-state index in [-0.39, 0.29) is 24.7 Å². The van der Waals surface area contributed by atoms with Crippen molar-refractivity contribution in [3.05, 3.63) is 59.2 Å². The van der Waals surface area contributed by atoms with Crippen LogP contribution < -0.4 is 10.7 Å². The fourth-order valence-electron chi connectivity index (χ4n) is 2.11. The second-order valence-corrected chi connectivity index (χ2v) is 6.41. The van der Waals surface area contributed by atoms with Gasteiger partial charge in [0.05, 0.1) is 0 Å². The first kappa shape index (κ1) is 21.4. The van der Waals surface area contributed by atoms with Crippen LogP contribution in [0.1, 0.15) is 52.0 Å². The Kier molecular flexibility index (Phi) is 10.4. The van der Waals surface area contributed by atoms with Crippen LogP contribution in [0.4, 0.5) is 0 Å². The second-order valence-electron chi connectivity index (χ2n) is 6.41. The van der Waals surface area contributed by atoms with E-state index in [1.165, 1.54) is 11.1 Å². The summed E-state index contributed by atoms with van der Waals surface area (Å²) in [7, 11) is 0. The van der Waals surface area contributed by atoms with Crippen molar-refractivity contribution in [1.82, 2.24) is 10.7 Å². The summed E-state index contributed by atoms with van der Waals surface area (Å²) in [4.78, 5) is 23.4. The van der Waals surface area contributed by atoms with Crippen LogP contribution in [-0.4, -0.2) is 18.0 Å². The maximum absolute atomic E-state index is 11.7. The highest BCUT2D eigenvalue weighted by Gasteiger charge is 2.05. The zero-order valence-corrected chi connectivity index (χ0v) is 15.9. The van der Waals surface area contributed by atoms with Crippen molar-refractivity contribution in [2.24, 2.45) is 5.10 Å². The Balaban J connectivity index is 2.19. The third-order valence-electron chi connectivity index (χ3n) is 3.63. The predicted octanol–water partition coefficient (Wildman–Crippen LogP) is 3.88. The van der Waals surface area contributed by atoms with Gasteiger partial charge in [-0.1, -0.05) is 47.6 Å². The van der Waals surface area contributed by atoms with Crippen LogP contribution in [0.2, 0.25) is 0 Å². The molecule has 0 saturated carbocycles. The van der Waals surface area contributed by atoms with Gasteiger partial charge in [-0.2, -0.15) is 5.10 Å². The van der Waals surface area contributed by atoms with Crippen molar-refractivity contribution < 1.29 is 9.59 Å². The molecular formula is C21H29N3O2. The minimum atomic E-state index is -0.272. The number of hydrogen-bond donors (Lipinski definition) is 2. The van der Waals surface area contributed by atoms with E-state index in [4.69, 9.17) is 0 Å². The Morgan fingerprint density at radius 3 is 2.38 bits per heavy atom. The van der Waals surface area contributed by atoms with Crippen molar-refractivity contribution in [2.75, 3.05) is 0 Å². The Labute approximate surface area is 156 Å². The molecule has 2 N–H and O–H groups in total. The SMILES string of the molecule is CC(C)=CCCC(C)=CC=NNC(=O)CCC(=O)NCc1ccccc1. The largest absolute Gasteiger partial charge is 0.352 e. The summed E-state index contributed by atoms with van der Waals surface area (Å²) in [6.45, 7) is 6.66. The Bertz CT molecular complexity index is 657. The molecule has 0 saturated heterocycles. The van der Waals surface area contributed by atoms with Gasteiger partial charge in [-0.25, -0.2) is 5.43 Å². The van der Waals surface area contributed by atoms with Crippen LogP contribution >= 0.6 is 0 Å². The van der Waals surface area contributed by atoms with E-state index in [0.29, 0.717) is 6.54 Å². The average molecular weight is 355 g/mol. The molecule has 0 aromatic heterocycles. The normalized spacial score (nSPS) is 11.3. The lowest BCUT2D eigenvalue weighted by Crippen LogP contribution is -2.25. The molecule has 0 aliphatic rings. The van der Waals surface area contributed by atoms with Crippen molar-refractivity contribution in [3.63, 3.8) is 0 Å². The van der Waals surface area contributed by atoms with E-state index in [1.54, 1.807) is 6.21 Å². The molecule has 0 heterocycles. The zero-order valence-electron chi connectivity index (χ0n) is 15.9. The summed E-state index contributed by atoms with van der Waals surface area (Å²) in [6, 6.07) is 9.65. The number of rotatable bonds is 10. The summed E-state index contributed by atoms with van der Waals surface area (Å²) in [5.41, 5.74) is 5.97. The smallest absolute Gasteiger partial charge is 0.240 e. The summed E-state index contributed by atoms with van der Waals surface area (Å²) >= 11 is 0. The first-order valence-electron chi connectivity index (χ1n) is 8.89. The highest BCUT2D eigenvalue weighted by atomic mass is 16.2. The predicted molar refractivity (Wildman–Crippen MR) is 107 cm³/mol. The Hall–Kier alpha value is -2.69. The zero-order chi connectivity index (χ0) is 19.2. The van der Waals surface area contributed by atoms with Gasteiger partial charge in [0.25, 0.3) is 0 Å². The van der Waals surface area contributed by atoms with Gasteiger partial charge in [0.2, 0.25) is 11.8 Å². The molecule has 0 fully saturated rings. The van der Waals surface area contributed by atoms with E-state index in [0.717, 1.165) is 18.4 Å². The molecule has 2 amide bonds. The molecule has 0 atom stereocenters. The van der Waals surface area contributed by atoms with Gasteiger partial charge in [0.1, 0.15) is 0 Å². The monoisotopic (exact) mass is 355 g/mol. The number of benzene rings is 1. The quantitative estimate of drug-likeness (QED) is 0.380. The van der Waals surface area contributed by atoms with Crippen molar-refractivity contribution in [1.29, 1.82) is 0 Å². The number of allylic oxidation sites excluding steroid dienone is 4. The standard InChI is InChI=1S/C21H29N3O2/c1-17(2)8-7-9-18(3)14-15-23-24-21(26)13-12-20(25)22-16-19-10-5-4-6-11-19/h4-6,8,10-11,14-15H,7,9,12-13,16H2,1-3H3,(H,22,25)(H,24,26). The van der Waals surface area contributed by atoms with Crippen LogP contribution in [0, 0.1) is 0 Å². The molecule has 0 unspecified atom stereocenters. The Morgan fingerprint density at radius 1 is 1.00 bits per heavy atom. The second kappa shape index (κ2) is 12.6. The maximum atomic E-state index is 11.7. The first-order chi connectivity index (χ1) is 12.5. The van der Waals surface area contributed by atoms with Crippen LogP contribution in [0.3, 0.4) is 0 Å². The molecule has 1 aromatic rings. The van der Waals surface area contributed by atoms with Gasteiger partial charge in [0, 0.05) is 25.6 Å². The molecule has 1 aromatic carbocycles. The lowest BCUT2D eigenvalue weighted by atomic mass is 10.1. The number of nitrogens with one attached hydrogen (secondary N) is 2. The molecule has 0 spiro atoms. The van der Waals surface area contributed by atoms with E-state index < -0.39 is 0 Å². The van der Waals surface area contributed by atoms with Gasteiger partial charge >= 0.3 is 0 Å². The summed E-state index contributed by atoms with van der Waals surface area (Å²) < 4.78 is 0. The number of carbonyl (C=O) groups excluding carboxylic acids is 2. The summed E-state index contributed by atoms with van der Waals surface area (Å²) in [5.74, 6) is -0.422. The molecule has 1 rings (SSSR count). The molecule has 5 heteroatoms. The highest BCUT2D eigenvalue weighted by Crippen LogP contribution is 2.05. The van der Waals surface area contributed by atoms with Gasteiger partial charge in [0.15, 0.2) is 0 Å². The molecule has 0 aliphatic carbocycles. The fraction of sp³-hybridized carbons (Fsp3) is 0.381. The van der Waals surface area contributed by atoms with Gasteiger partial charge in [-0.3, -0.25) is 9.59 Å². The highest BCUT2D eigenvalue weighted by molar-refractivity contribution is 5.84. The minimum absolute atomic E-state index is 0.112. The van der Waals surface area contributed by atoms with Gasteiger partial charge in [-0.15, -0.1) is 0 Å². The number of hydrogen-bond acceptors (Lipinski definition) is 3. The van der Waals surface area contributed by atoms with E-state index in [9.17, 15) is 9.59 Å². The lowest BCUT2D eigenvalue weighted by Gasteiger charge is -2.04. The van der Waals surface area contributed by atoms with Crippen LogP contribution in [0.25, 0.3) is 0 Å². The van der Waals surface area contributed by atoms with E-state index >= 15 is 0 Å². The lowest BCUT2D eigenvalue weighted by molar-refractivity contribution is -0.126. The number of carbonyl (C=O) groups is 2. The molecule has 5 nitrogen and oxygen atoms in total. The van der Waals surface area contributed by atoms with E-state index in [2.05, 4.69) is 35.8 Å². The van der Waals surface area contributed by atoms with Crippen LogP contribution in [0.15, 0.2) is 58.7 Å². The number of amides is 2. The third kappa shape index (κ3) is 11.0. The van der Waals surface area contributed by atoms with Gasteiger partial charge < -0.3 is 5.32 Å². The number of nitrogens with zero attached hydrogens (tertiary/aromatic N) is 1. The third-order valence-corrected chi connectivity index (χ3v) is 3.63. The van der Waals surface area contributed by atoms with Crippen molar-refractivity contribution in [2.45, 2.75) is 53.0 Å². The number of hydrazone groups is 1. The molecule has 140 valence electrons. The molecular weight excluding hydrogens is 326 g/mol. The first-order valence-corrected chi connectivity index (χ1v) is 8.89. The van der Waals surface area contributed by atoms with E-state index in [1.807, 2.05) is 43.3 Å². The van der Waals surface area contributed by atoms with Crippen molar-refractivity contribution in [3.8, 4) is 0 Å². The Morgan fingerprint density at radius 2 is 1.69 bits per heavy atom. The molecule has 0 aliphatic heterocycles. The molecule has 0 bridgehead atoms. The molecule has 26 heavy (non-hydrogen) atoms. The molecule has 0 radical (unpaired) electrons. The van der Waals surface area contributed by atoms with Crippen molar-refractivity contribution >= 4 is 18.0 Å². The average Bonchev–Trinajstić information content (AvgIpc) is 2.62. The summed E-state index contributed by atoms with van der Waals surface area (Å²) in [6.07, 6.45) is 7.87. The fourth-order valence-corrected chi connectivity index (χ4v) is 2.11. The maximum Gasteiger partial charge on any atom is 0.240 e. The topological polar surface area (TPSA) is 70.6 Å². The summed E-state index contributed by atoms with van der Waals surface area (Å²) in [5, 5.41) is 6.67.